The van der Waals surface area contributed by atoms with Crippen molar-refractivity contribution < 1.29 is 18.8 Å². The number of ether oxygens (including phenoxy) is 2. The van der Waals surface area contributed by atoms with Crippen LogP contribution in [0.25, 0.3) is 11.3 Å². The van der Waals surface area contributed by atoms with Gasteiger partial charge in [0, 0.05) is 17.2 Å². The van der Waals surface area contributed by atoms with Crippen LogP contribution in [0.2, 0.25) is 0 Å². The van der Waals surface area contributed by atoms with E-state index in [9.17, 15) is 4.79 Å². The molecule has 0 aliphatic rings. The third kappa shape index (κ3) is 4.51. The van der Waals surface area contributed by atoms with E-state index in [1.165, 1.54) is 5.56 Å². The van der Waals surface area contributed by atoms with Crippen LogP contribution in [0.4, 0.5) is 0 Å². The van der Waals surface area contributed by atoms with Crippen LogP contribution in [0, 0.1) is 13.8 Å². The molecule has 4 rings (SSSR count). The quantitative estimate of drug-likeness (QED) is 0.351. The number of hydrogen-bond donors (Lipinski definition) is 0. The molecule has 0 radical (unpaired) electrons. The first-order chi connectivity index (χ1) is 15.1. The average Bonchev–Trinajstić information content (AvgIpc) is 3.28. The molecule has 0 spiro atoms. The Morgan fingerprint density at radius 3 is 2.19 bits per heavy atom. The summed E-state index contributed by atoms with van der Waals surface area (Å²) < 4.78 is 17.4. The lowest BCUT2D eigenvalue weighted by molar-refractivity contribution is 0.112. The molecule has 5 nitrogen and oxygen atoms in total. The van der Waals surface area contributed by atoms with Gasteiger partial charge in [-0.2, -0.15) is 0 Å². The van der Waals surface area contributed by atoms with Gasteiger partial charge in [0.15, 0.2) is 23.4 Å². The van der Waals surface area contributed by atoms with Gasteiger partial charge in [-0.1, -0.05) is 64.8 Å². The lowest BCUT2D eigenvalue weighted by Crippen LogP contribution is -2.10. The highest BCUT2D eigenvalue weighted by Gasteiger charge is 2.23. The standard InChI is InChI=1S/C26H23NO4/c1-17-4-9-20(10-5-17)24-15-22(27-31-24)26(21-11-6-18(2)7-12-21)30-23-13-8-19(16-28)14-25(23)29-3/h4-16,26H,1-3H3. The van der Waals surface area contributed by atoms with E-state index in [4.69, 9.17) is 14.0 Å². The van der Waals surface area contributed by atoms with Crippen LogP contribution >= 0.6 is 0 Å². The number of aromatic nitrogens is 1. The van der Waals surface area contributed by atoms with Crippen LogP contribution in [0.15, 0.2) is 77.3 Å². The SMILES string of the molecule is COc1cc(C=O)ccc1OC(c1ccc(C)cc1)c1cc(-c2ccc(C)cc2)on1. The maximum atomic E-state index is 11.1. The zero-order valence-electron chi connectivity index (χ0n) is 17.7. The molecule has 1 atom stereocenters. The van der Waals surface area contributed by atoms with Crippen molar-refractivity contribution in [3.63, 3.8) is 0 Å². The Morgan fingerprint density at radius 1 is 0.871 bits per heavy atom. The molecule has 0 saturated heterocycles. The second-order valence-corrected chi connectivity index (χ2v) is 7.42. The van der Waals surface area contributed by atoms with Gasteiger partial charge in [0.25, 0.3) is 0 Å². The molecule has 0 fully saturated rings. The van der Waals surface area contributed by atoms with Gasteiger partial charge in [-0.3, -0.25) is 4.79 Å². The zero-order chi connectivity index (χ0) is 21.8. The predicted molar refractivity (Wildman–Crippen MR) is 119 cm³/mol. The summed E-state index contributed by atoms with van der Waals surface area (Å²) >= 11 is 0. The van der Waals surface area contributed by atoms with E-state index in [0.717, 1.165) is 23.0 Å². The van der Waals surface area contributed by atoms with Gasteiger partial charge >= 0.3 is 0 Å². The Balaban J connectivity index is 1.73. The highest BCUT2D eigenvalue weighted by Crippen LogP contribution is 2.35. The van der Waals surface area contributed by atoms with Gasteiger partial charge in [0.2, 0.25) is 0 Å². The van der Waals surface area contributed by atoms with Gasteiger partial charge in [-0.25, -0.2) is 0 Å². The Hall–Kier alpha value is -3.86. The molecule has 5 heteroatoms. The van der Waals surface area contributed by atoms with Crippen molar-refractivity contribution in [1.82, 2.24) is 5.16 Å². The number of nitrogens with zero attached hydrogens (tertiary/aromatic N) is 1. The van der Waals surface area contributed by atoms with Crippen molar-refractivity contribution in [1.29, 1.82) is 0 Å². The van der Waals surface area contributed by atoms with E-state index >= 15 is 0 Å². The molecule has 3 aromatic carbocycles. The van der Waals surface area contributed by atoms with Crippen LogP contribution in [0.1, 0.15) is 38.8 Å². The summed E-state index contributed by atoms with van der Waals surface area (Å²) in [5, 5.41) is 4.30. The largest absolute Gasteiger partial charge is 0.493 e. The summed E-state index contributed by atoms with van der Waals surface area (Å²) in [5.74, 6) is 1.65. The summed E-state index contributed by atoms with van der Waals surface area (Å²) in [4.78, 5) is 11.1. The second kappa shape index (κ2) is 8.88. The molecule has 1 heterocycles. The Morgan fingerprint density at radius 2 is 1.55 bits per heavy atom. The lowest BCUT2D eigenvalue weighted by atomic mass is 10.0. The first-order valence-electron chi connectivity index (χ1n) is 9.97. The van der Waals surface area contributed by atoms with E-state index in [0.29, 0.717) is 28.5 Å². The number of hydrogen-bond acceptors (Lipinski definition) is 5. The molecule has 0 aliphatic carbocycles. The predicted octanol–water partition coefficient (Wildman–Crippen LogP) is 5.95. The average molecular weight is 413 g/mol. The normalized spacial score (nSPS) is 11.7. The second-order valence-electron chi connectivity index (χ2n) is 7.42. The van der Waals surface area contributed by atoms with Gasteiger partial charge < -0.3 is 14.0 Å². The fourth-order valence-corrected chi connectivity index (χ4v) is 3.29. The number of aldehydes is 1. The Labute approximate surface area is 181 Å². The van der Waals surface area contributed by atoms with Crippen molar-refractivity contribution >= 4 is 6.29 Å². The minimum absolute atomic E-state index is 0.476. The number of carbonyl (C=O) groups is 1. The van der Waals surface area contributed by atoms with Crippen LogP contribution < -0.4 is 9.47 Å². The van der Waals surface area contributed by atoms with E-state index in [1.54, 1.807) is 25.3 Å². The fraction of sp³-hybridized carbons (Fsp3) is 0.154. The highest BCUT2D eigenvalue weighted by atomic mass is 16.5. The number of aryl methyl sites for hydroxylation is 2. The minimum atomic E-state index is -0.514. The van der Waals surface area contributed by atoms with Crippen molar-refractivity contribution in [3.8, 4) is 22.8 Å². The monoisotopic (exact) mass is 413 g/mol. The fourth-order valence-electron chi connectivity index (χ4n) is 3.29. The first kappa shape index (κ1) is 20.4. The molecule has 1 unspecified atom stereocenters. The summed E-state index contributed by atoms with van der Waals surface area (Å²) in [6.07, 6.45) is 0.259. The van der Waals surface area contributed by atoms with E-state index in [1.807, 2.05) is 68.4 Å². The number of methoxy groups -OCH3 is 1. The van der Waals surface area contributed by atoms with Gasteiger partial charge in [0.1, 0.15) is 12.0 Å². The Kier molecular flexibility index (Phi) is 5.85. The van der Waals surface area contributed by atoms with E-state index in [-0.39, 0.29) is 0 Å². The maximum Gasteiger partial charge on any atom is 0.169 e. The van der Waals surface area contributed by atoms with E-state index in [2.05, 4.69) is 5.16 Å². The van der Waals surface area contributed by atoms with Crippen LogP contribution in [-0.4, -0.2) is 18.6 Å². The number of rotatable bonds is 7. The maximum absolute atomic E-state index is 11.1. The molecule has 0 amide bonds. The number of benzene rings is 3. The van der Waals surface area contributed by atoms with Crippen molar-refractivity contribution in [2.75, 3.05) is 7.11 Å². The van der Waals surface area contributed by atoms with Crippen molar-refractivity contribution in [2.24, 2.45) is 0 Å². The molecule has 0 aliphatic heterocycles. The molecular formula is C26H23NO4. The molecule has 0 N–H and O–H groups in total. The molecular weight excluding hydrogens is 390 g/mol. The van der Waals surface area contributed by atoms with Crippen LogP contribution in [-0.2, 0) is 0 Å². The zero-order valence-corrected chi connectivity index (χ0v) is 17.7. The van der Waals surface area contributed by atoms with Gasteiger partial charge in [0.05, 0.1) is 7.11 Å². The van der Waals surface area contributed by atoms with Crippen LogP contribution in [0.5, 0.6) is 11.5 Å². The summed E-state index contributed by atoms with van der Waals surface area (Å²) in [7, 11) is 1.54. The molecule has 0 saturated carbocycles. The topological polar surface area (TPSA) is 61.6 Å². The van der Waals surface area contributed by atoms with Gasteiger partial charge in [-0.15, -0.1) is 0 Å². The lowest BCUT2D eigenvalue weighted by Gasteiger charge is -2.19. The highest BCUT2D eigenvalue weighted by molar-refractivity contribution is 5.76. The first-order valence-corrected chi connectivity index (χ1v) is 9.97. The molecule has 31 heavy (non-hydrogen) atoms. The molecule has 1 aromatic heterocycles. The third-order valence-electron chi connectivity index (χ3n) is 5.08. The summed E-state index contributed by atoms with van der Waals surface area (Å²) in [6.45, 7) is 4.08. The van der Waals surface area contributed by atoms with E-state index < -0.39 is 6.10 Å². The summed E-state index contributed by atoms with van der Waals surface area (Å²) in [6, 6.07) is 23.1. The minimum Gasteiger partial charge on any atom is -0.493 e. The smallest absolute Gasteiger partial charge is 0.169 e. The van der Waals surface area contributed by atoms with Crippen molar-refractivity contribution in [2.45, 2.75) is 20.0 Å². The van der Waals surface area contributed by atoms with Crippen molar-refractivity contribution in [3.05, 3.63) is 101 Å². The number of carbonyl (C=O) groups excluding carboxylic acids is 1. The Bertz CT molecular complexity index is 1180. The van der Waals surface area contributed by atoms with Crippen LogP contribution in [0.3, 0.4) is 0 Å². The molecule has 0 bridgehead atoms. The molecule has 4 aromatic rings. The summed E-state index contributed by atoms with van der Waals surface area (Å²) in [5.41, 5.74) is 5.35. The van der Waals surface area contributed by atoms with Gasteiger partial charge in [-0.05, 0) is 37.6 Å². The molecule has 156 valence electrons. The third-order valence-corrected chi connectivity index (χ3v) is 5.08.